The number of nitrogens with two attached hydrogens (primary N) is 1. The lowest BCUT2D eigenvalue weighted by Crippen LogP contribution is -2.44. The molecule has 294 valence electrons. The Labute approximate surface area is 324 Å². The van der Waals surface area contributed by atoms with Gasteiger partial charge in [0.05, 0.1) is 18.4 Å². The lowest BCUT2D eigenvalue weighted by atomic mass is 9.88. The smallest absolute Gasteiger partial charge is 0.328 e. The third kappa shape index (κ3) is 9.21. The first-order chi connectivity index (χ1) is 26.1. The highest BCUT2D eigenvalue weighted by molar-refractivity contribution is 7.90. The molecule has 5 rings (SSSR count). The van der Waals surface area contributed by atoms with Crippen molar-refractivity contribution in [1.82, 2.24) is 10.0 Å². The van der Waals surface area contributed by atoms with Gasteiger partial charge in [-0.3, -0.25) is 14.6 Å². The molecule has 0 fully saturated rings. The number of carbonyl (C=O) groups is 3. The summed E-state index contributed by atoms with van der Waals surface area (Å²) >= 11 is 0. The van der Waals surface area contributed by atoms with Crippen LogP contribution in [-0.4, -0.2) is 64.1 Å². The molecule has 4 N–H and O–H groups in total. The van der Waals surface area contributed by atoms with Crippen molar-refractivity contribution in [3.05, 3.63) is 94.6 Å². The van der Waals surface area contributed by atoms with Crippen LogP contribution < -0.4 is 20.5 Å². The molecule has 0 radical (unpaired) electrons. The molecular weight excluding hydrogens is 721 g/mol. The minimum absolute atomic E-state index is 0.0556. The van der Waals surface area contributed by atoms with Crippen LogP contribution in [0.4, 0.5) is 0 Å². The van der Waals surface area contributed by atoms with E-state index in [1.807, 2.05) is 69.3 Å². The van der Waals surface area contributed by atoms with Gasteiger partial charge in [0.25, 0.3) is 10.0 Å². The van der Waals surface area contributed by atoms with Gasteiger partial charge in [0.15, 0.2) is 0 Å². The molecule has 0 saturated heterocycles. The van der Waals surface area contributed by atoms with Crippen LogP contribution >= 0.6 is 0 Å². The number of carbonyl (C=O) groups excluding carboxylic acids is 3. The normalized spacial score (nSPS) is 15.7. The van der Waals surface area contributed by atoms with Gasteiger partial charge in [-0.25, -0.2) is 17.9 Å². The van der Waals surface area contributed by atoms with Gasteiger partial charge >= 0.3 is 11.9 Å². The average Bonchev–Trinajstić information content (AvgIpc) is 3.46. The molecule has 1 aliphatic heterocycles. The molecule has 0 bridgehead atoms. The van der Waals surface area contributed by atoms with Crippen LogP contribution in [-0.2, 0) is 40.3 Å². The first kappa shape index (κ1) is 41.0. The summed E-state index contributed by atoms with van der Waals surface area (Å²) in [6.07, 6.45) is 3.23. The number of aliphatic imine (C=N–C) groups is 1. The zero-order valence-corrected chi connectivity index (χ0v) is 33.3. The molecule has 0 aromatic heterocycles. The fraction of sp³-hybridized carbons (Fsp3) is 0.429. The fourth-order valence-electron chi connectivity index (χ4n) is 7.52. The predicted molar refractivity (Wildman–Crippen MR) is 211 cm³/mol. The Morgan fingerprint density at radius 2 is 1.67 bits per heavy atom. The van der Waals surface area contributed by atoms with Crippen molar-refractivity contribution < 1.29 is 37.0 Å². The van der Waals surface area contributed by atoms with E-state index in [4.69, 9.17) is 19.9 Å². The molecule has 55 heavy (non-hydrogen) atoms. The number of esters is 2. The topological polar surface area (TPSA) is 175 Å². The number of hydrogen-bond acceptors (Lipinski definition) is 9. The van der Waals surface area contributed by atoms with Gasteiger partial charge in [-0.1, -0.05) is 54.6 Å². The van der Waals surface area contributed by atoms with Crippen LogP contribution in [0.2, 0.25) is 0 Å². The van der Waals surface area contributed by atoms with Gasteiger partial charge in [0.2, 0.25) is 11.9 Å². The number of amides is 1. The Hall–Kier alpha value is -5.17. The number of rotatable bonds is 15. The van der Waals surface area contributed by atoms with Crippen LogP contribution in [0, 0.1) is 26.7 Å². The van der Waals surface area contributed by atoms with Crippen LogP contribution in [0.5, 0.6) is 5.75 Å². The molecule has 12 nitrogen and oxygen atoms in total. The molecular formula is C42H52N4O8S. The number of hydrogen-bond donors (Lipinski definition) is 3. The second-order valence-corrected chi connectivity index (χ2v) is 16.4. The third-order valence-corrected chi connectivity index (χ3v) is 12.2. The number of nitrogens with zero attached hydrogens (tertiary/aromatic N) is 1. The zero-order chi connectivity index (χ0) is 40.1. The maximum Gasteiger partial charge on any atom is 0.328 e. The van der Waals surface area contributed by atoms with Gasteiger partial charge in [-0.2, -0.15) is 0 Å². The molecule has 3 aromatic rings. The maximum absolute atomic E-state index is 13.7. The highest BCUT2D eigenvalue weighted by Crippen LogP contribution is 2.45. The number of sulfonamides is 1. The van der Waals surface area contributed by atoms with Gasteiger partial charge < -0.3 is 25.3 Å². The Morgan fingerprint density at radius 3 is 2.29 bits per heavy atom. The second kappa shape index (κ2) is 17.1. The molecule has 2 atom stereocenters. The average molecular weight is 773 g/mol. The summed E-state index contributed by atoms with van der Waals surface area (Å²) in [5, 5.41) is 2.68. The van der Waals surface area contributed by atoms with Crippen molar-refractivity contribution in [1.29, 1.82) is 0 Å². The molecule has 2 aliphatic rings. The van der Waals surface area contributed by atoms with E-state index in [2.05, 4.69) is 21.6 Å². The van der Waals surface area contributed by atoms with E-state index in [0.717, 1.165) is 45.6 Å². The van der Waals surface area contributed by atoms with E-state index in [-0.39, 0.29) is 61.2 Å². The van der Waals surface area contributed by atoms with Crippen LogP contribution in [0.1, 0.15) is 85.3 Å². The van der Waals surface area contributed by atoms with E-state index in [0.29, 0.717) is 17.5 Å². The first-order valence-electron chi connectivity index (χ1n) is 18.6. The van der Waals surface area contributed by atoms with Gasteiger partial charge in [-0.05, 0) is 111 Å². The molecule has 3 aromatic carbocycles. The van der Waals surface area contributed by atoms with Crippen LogP contribution in [0.15, 0.2) is 71.1 Å². The molecule has 1 aliphatic carbocycles. The summed E-state index contributed by atoms with van der Waals surface area (Å²) in [6, 6.07) is 15.0. The summed E-state index contributed by atoms with van der Waals surface area (Å²) < 4.78 is 46.6. The molecule has 1 amide bonds. The predicted octanol–water partition coefficient (Wildman–Crippen LogP) is 5.68. The van der Waals surface area contributed by atoms with Gasteiger partial charge in [0, 0.05) is 18.4 Å². The minimum Gasteiger partial charge on any atom is -0.487 e. The largest absolute Gasteiger partial charge is 0.487 e. The molecule has 0 unspecified atom stereocenters. The van der Waals surface area contributed by atoms with Crippen molar-refractivity contribution in [2.75, 3.05) is 20.3 Å². The monoisotopic (exact) mass is 772 g/mol. The number of benzene rings is 3. The Bertz CT molecular complexity index is 2060. The zero-order valence-electron chi connectivity index (χ0n) is 32.5. The second-order valence-electron chi connectivity index (χ2n) is 14.8. The molecule has 0 saturated carbocycles. The Kier molecular flexibility index (Phi) is 12.7. The fourth-order valence-corrected chi connectivity index (χ4v) is 9.05. The summed E-state index contributed by atoms with van der Waals surface area (Å²) in [7, 11) is -2.89. The van der Waals surface area contributed by atoms with Crippen molar-refractivity contribution in [3.8, 4) is 16.9 Å². The lowest BCUT2D eigenvalue weighted by molar-refractivity contribution is -0.148. The number of methoxy groups -OCH3 is 1. The van der Waals surface area contributed by atoms with E-state index in [1.54, 1.807) is 13.8 Å². The van der Waals surface area contributed by atoms with Crippen molar-refractivity contribution in [2.45, 2.75) is 95.6 Å². The molecule has 13 heteroatoms. The highest BCUT2D eigenvalue weighted by atomic mass is 32.2. The summed E-state index contributed by atoms with van der Waals surface area (Å²) in [5.41, 5.74) is 12.9. The van der Waals surface area contributed by atoms with E-state index < -0.39 is 39.8 Å². The standard InChI is InChI=1S/C42H52N4O8S/c1-8-14-35(40(49)52-7)45-39(48)28(23-36(47)53-24-34-32-18-11-9-16-30(32)31-17-10-12-19-33(31)34)15-13-22-44-41(43)46-55(50,51)38-26(3)25(2)37-29(27(38)4)20-21-42(5,6)54-37/h8-12,16-19,28,34-35H,1,13-15,20-24H2,2-7H3,(H,45,48)(H3,43,44,46)/t28-,35+/m1/s1. The molecule has 0 spiro atoms. The highest BCUT2D eigenvalue weighted by Gasteiger charge is 2.34. The quantitative estimate of drug-likeness (QED) is 0.0577. The first-order valence-corrected chi connectivity index (χ1v) is 20.0. The SMILES string of the molecule is C=CC[C@H](NC(=O)[C@H](CCCN=C(N)NS(=O)(=O)c1c(C)c(C)c2c(c1C)CCC(C)(C)O2)CC(=O)OCC1c2ccccc2-c2ccccc21)C(=O)OC. The lowest BCUT2D eigenvalue weighted by Gasteiger charge is -2.35. The summed E-state index contributed by atoms with van der Waals surface area (Å²) in [5.74, 6) is -2.38. The van der Waals surface area contributed by atoms with Crippen molar-refractivity contribution >= 4 is 33.8 Å². The van der Waals surface area contributed by atoms with E-state index >= 15 is 0 Å². The van der Waals surface area contributed by atoms with Crippen LogP contribution in [0.25, 0.3) is 11.1 Å². The number of nitrogens with one attached hydrogen (secondary N) is 2. The number of guanidine groups is 1. The Morgan fingerprint density at radius 1 is 1.04 bits per heavy atom. The van der Waals surface area contributed by atoms with Crippen LogP contribution in [0.3, 0.4) is 0 Å². The van der Waals surface area contributed by atoms with E-state index in [1.165, 1.54) is 13.2 Å². The number of fused-ring (bicyclic) bond motifs is 4. The minimum atomic E-state index is -4.11. The Balaban J connectivity index is 1.26. The third-order valence-electron chi connectivity index (χ3n) is 10.5. The van der Waals surface area contributed by atoms with Gasteiger partial charge in [-0.15, -0.1) is 6.58 Å². The van der Waals surface area contributed by atoms with E-state index in [9.17, 15) is 22.8 Å². The molecule has 1 heterocycles. The van der Waals surface area contributed by atoms with Crippen molar-refractivity contribution in [3.63, 3.8) is 0 Å². The summed E-state index contributed by atoms with van der Waals surface area (Å²) in [6.45, 7) is 13.2. The summed E-state index contributed by atoms with van der Waals surface area (Å²) in [4.78, 5) is 43.6. The van der Waals surface area contributed by atoms with Crippen molar-refractivity contribution in [2.24, 2.45) is 16.6 Å². The van der Waals surface area contributed by atoms with Gasteiger partial charge in [0.1, 0.15) is 24.0 Å². The maximum atomic E-state index is 13.7. The number of ether oxygens (including phenoxy) is 3.